The van der Waals surface area contributed by atoms with Gasteiger partial charge in [-0.2, -0.15) is 0 Å². The average Bonchev–Trinajstić information content (AvgIpc) is 2.79. The summed E-state index contributed by atoms with van der Waals surface area (Å²) in [6.45, 7) is 7.80. The number of carboxylic acids is 2. The van der Waals surface area contributed by atoms with Crippen LogP contribution in [0.25, 0.3) is 0 Å². The third-order valence-electron chi connectivity index (χ3n) is 3.77. The van der Waals surface area contributed by atoms with E-state index >= 15 is 0 Å². The molecule has 0 spiro atoms. The fraction of sp³-hybridized carbons (Fsp3) is 0.375. The number of hydrogen-bond acceptors (Lipinski definition) is 8. The van der Waals surface area contributed by atoms with Crippen molar-refractivity contribution in [1.29, 1.82) is 0 Å². The Labute approximate surface area is 198 Å². The predicted octanol–water partition coefficient (Wildman–Crippen LogP) is 2.38. The minimum Gasteiger partial charge on any atom is -0.491 e. The highest BCUT2D eigenvalue weighted by molar-refractivity contribution is 5.89. The summed E-state index contributed by atoms with van der Waals surface area (Å²) in [5.74, 6) is -0.308. The largest absolute Gasteiger partial charge is 0.491 e. The van der Waals surface area contributed by atoms with Gasteiger partial charge in [0.15, 0.2) is 0 Å². The Hall–Kier alpha value is -3.63. The number of pyridine rings is 1. The molecule has 10 nitrogen and oxygen atoms in total. The maximum Gasteiger partial charge on any atom is 0.328 e. The van der Waals surface area contributed by atoms with Crippen LogP contribution in [0.3, 0.4) is 0 Å². The van der Waals surface area contributed by atoms with Gasteiger partial charge in [-0.1, -0.05) is 0 Å². The number of β-amino-alcohol motifs (C(OH)–C–C–N with tert-alkyl or cyclic N) is 1. The molecule has 0 saturated heterocycles. The van der Waals surface area contributed by atoms with Crippen molar-refractivity contribution in [3.8, 4) is 17.2 Å². The van der Waals surface area contributed by atoms with E-state index in [1.807, 2.05) is 24.3 Å². The molecule has 0 radical (unpaired) electrons. The number of aliphatic carboxylic acids is 2. The van der Waals surface area contributed by atoms with Gasteiger partial charge in [0.25, 0.3) is 0 Å². The minimum absolute atomic E-state index is 0.0267. The van der Waals surface area contributed by atoms with Gasteiger partial charge < -0.3 is 34.8 Å². The monoisotopic (exact) mass is 476 g/mol. The molecule has 0 fully saturated rings. The van der Waals surface area contributed by atoms with Crippen molar-refractivity contribution in [1.82, 2.24) is 10.3 Å². The van der Waals surface area contributed by atoms with Gasteiger partial charge in [0.05, 0.1) is 0 Å². The molecule has 1 heterocycles. The average molecular weight is 477 g/mol. The van der Waals surface area contributed by atoms with E-state index in [1.54, 1.807) is 24.5 Å². The minimum atomic E-state index is -1.26. The highest BCUT2D eigenvalue weighted by atomic mass is 16.5. The first-order valence-corrected chi connectivity index (χ1v) is 10.5. The molecule has 0 aliphatic carbocycles. The Morgan fingerprint density at radius 2 is 1.32 bits per heavy atom. The van der Waals surface area contributed by atoms with Crippen molar-refractivity contribution in [2.75, 3.05) is 26.4 Å². The maximum absolute atomic E-state index is 9.94. The molecule has 1 aromatic heterocycles. The summed E-state index contributed by atoms with van der Waals surface area (Å²) in [5.41, 5.74) is -0.0267. The van der Waals surface area contributed by atoms with Crippen LogP contribution in [0.15, 0.2) is 60.9 Å². The molecule has 4 N–H and O–H groups in total. The predicted molar refractivity (Wildman–Crippen MR) is 125 cm³/mol. The third kappa shape index (κ3) is 15.2. The van der Waals surface area contributed by atoms with Crippen LogP contribution in [0.5, 0.6) is 17.2 Å². The molecule has 186 valence electrons. The lowest BCUT2D eigenvalue weighted by molar-refractivity contribution is -0.134. The second-order valence-corrected chi connectivity index (χ2v) is 7.96. The van der Waals surface area contributed by atoms with Gasteiger partial charge in [-0.3, -0.25) is 4.98 Å². The van der Waals surface area contributed by atoms with Crippen LogP contribution in [0.1, 0.15) is 20.8 Å². The number of hydrogen-bond donors (Lipinski definition) is 4. The molecule has 0 bridgehead atoms. The maximum atomic E-state index is 9.94. The Morgan fingerprint density at radius 1 is 0.882 bits per heavy atom. The first-order valence-electron chi connectivity index (χ1n) is 10.5. The summed E-state index contributed by atoms with van der Waals surface area (Å²) in [5, 5.41) is 28.8. The zero-order valence-corrected chi connectivity index (χ0v) is 19.5. The van der Waals surface area contributed by atoms with Crippen LogP contribution < -0.4 is 19.5 Å². The van der Waals surface area contributed by atoms with Gasteiger partial charge in [0.2, 0.25) is 0 Å². The summed E-state index contributed by atoms with van der Waals surface area (Å²) >= 11 is 0. The molecule has 0 saturated carbocycles. The van der Waals surface area contributed by atoms with Gasteiger partial charge in [0, 0.05) is 36.6 Å². The number of rotatable bonds is 12. The lowest BCUT2D eigenvalue weighted by atomic mass is 10.1. The number of aromatic nitrogens is 1. The molecule has 0 amide bonds. The Balaban J connectivity index is 0.000000620. The second kappa shape index (κ2) is 15.3. The smallest absolute Gasteiger partial charge is 0.328 e. The highest BCUT2D eigenvalue weighted by Gasteiger charge is 2.12. The summed E-state index contributed by atoms with van der Waals surface area (Å²) in [6, 6.07) is 10.9. The van der Waals surface area contributed by atoms with Crippen LogP contribution in [0.2, 0.25) is 0 Å². The summed E-state index contributed by atoms with van der Waals surface area (Å²) in [4.78, 5) is 23.0. The summed E-state index contributed by atoms with van der Waals surface area (Å²) in [6.07, 6.45) is 3.93. The fourth-order valence-corrected chi connectivity index (χ4v) is 2.20. The Kier molecular flexibility index (Phi) is 12.7. The number of aliphatic hydroxyl groups excluding tert-OH is 1. The first-order chi connectivity index (χ1) is 16.0. The lowest BCUT2D eigenvalue weighted by Crippen LogP contribution is -2.42. The van der Waals surface area contributed by atoms with E-state index in [9.17, 15) is 14.7 Å². The normalized spacial score (nSPS) is 11.8. The van der Waals surface area contributed by atoms with Gasteiger partial charge in [-0.05, 0) is 57.2 Å². The second-order valence-electron chi connectivity index (χ2n) is 7.96. The van der Waals surface area contributed by atoms with E-state index in [0.29, 0.717) is 37.7 Å². The van der Waals surface area contributed by atoms with E-state index < -0.39 is 18.0 Å². The number of carboxylic acid groups (broad SMARTS) is 2. The Bertz CT molecular complexity index is 864. The molecule has 0 aliphatic heterocycles. The molecule has 10 heteroatoms. The topological polar surface area (TPSA) is 147 Å². The van der Waals surface area contributed by atoms with Crippen molar-refractivity contribution in [3.05, 3.63) is 60.9 Å². The lowest BCUT2D eigenvalue weighted by Gasteiger charge is -2.23. The quantitative estimate of drug-likeness (QED) is 0.266. The van der Waals surface area contributed by atoms with Crippen molar-refractivity contribution >= 4 is 11.9 Å². The van der Waals surface area contributed by atoms with E-state index in [4.69, 9.17) is 24.4 Å². The highest BCUT2D eigenvalue weighted by Crippen LogP contribution is 2.18. The van der Waals surface area contributed by atoms with Gasteiger partial charge in [-0.25, -0.2) is 9.59 Å². The van der Waals surface area contributed by atoms with Crippen molar-refractivity contribution in [2.45, 2.75) is 32.4 Å². The van der Waals surface area contributed by atoms with Crippen LogP contribution in [0.4, 0.5) is 0 Å². The number of ether oxygens (including phenoxy) is 3. The van der Waals surface area contributed by atoms with E-state index in [0.717, 1.165) is 11.5 Å². The van der Waals surface area contributed by atoms with E-state index in [2.05, 4.69) is 31.1 Å². The van der Waals surface area contributed by atoms with Crippen LogP contribution >= 0.6 is 0 Å². The molecular weight excluding hydrogens is 444 g/mol. The van der Waals surface area contributed by atoms with Crippen LogP contribution in [-0.2, 0) is 9.59 Å². The number of nitrogens with zero attached hydrogens (tertiary/aromatic N) is 1. The van der Waals surface area contributed by atoms with Crippen LogP contribution in [-0.4, -0.2) is 70.3 Å². The van der Waals surface area contributed by atoms with Gasteiger partial charge >= 0.3 is 11.9 Å². The summed E-state index contributed by atoms with van der Waals surface area (Å²) in [7, 11) is 0. The number of nitrogens with one attached hydrogen (secondary N) is 1. The van der Waals surface area contributed by atoms with Gasteiger partial charge in [-0.15, -0.1) is 0 Å². The Morgan fingerprint density at radius 3 is 1.76 bits per heavy atom. The third-order valence-corrected chi connectivity index (χ3v) is 3.77. The standard InChI is InChI=1S/C20H28N2O4.C4H4O4/c1-20(2,3)22-14-16(23)15-26-18-6-4-17(5-7-18)24-12-13-25-19-8-10-21-11-9-19;5-3(6)1-2-4(7)8/h4-11,16,22-23H,12-15H2,1-3H3;1-2H,(H,5,6)(H,7,8). The molecule has 34 heavy (non-hydrogen) atoms. The zero-order valence-electron chi connectivity index (χ0n) is 19.5. The van der Waals surface area contributed by atoms with Crippen LogP contribution in [0, 0.1) is 0 Å². The van der Waals surface area contributed by atoms with Crippen molar-refractivity contribution < 1.29 is 39.1 Å². The first kappa shape index (κ1) is 28.4. The summed E-state index contributed by atoms with van der Waals surface area (Å²) < 4.78 is 16.8. The molecule has 2 aromatic rings. The number of benzene rings is 1. The zero-order chi connectivity index (χ0) is 25.4. The van der Waals surface area contributed by atoms with E-state index in [-0.39, 0.29) is 12.1 Å². The van der Waals surface area contributed by atoms with Crippen molar-refractivity contribution in [2.24, 2.45) is 0 Å². The molecule has 1 atom stereocenters. The van der Waals surface area contributed by atoms with Crippen molar-refractivity contribution in [3.63, 3.8) is 0 Å². The molecule has 1 aromatic carbocycles. The number of carbonyl (C=O) groups is 2. The number of aliphatic hydroxyl groups is 1. The fourth-order valence-electron chi connectivity index (χ4n) is 2.20. The van der Waals surface area contributed by atoms with Gasteiger partial charge in [0.1, 0.15) is 43.2 Å². The SMILES string of the molecule is CC(C)(C)NCC(O)COc1ccc(OCCOc2ccncc2)cc1.O=C(O)C=CC(=O)O. The van der Waals surface area contributed by atoms with E-state index in [1.165, 1.54) is 0 Å². The molecule has 2 rings (SSSR count). The molecular formula is C24H32N2O8. The molecule has 1 unspecified atom stereocenters. The molecule has 0 aliphatic rings.